The van der Waals surface area contributed by atoms with Crippen LogP contribution in [0.15, 0.2) is 23.8 Å². The van der Waals surface area contributed by atoms with Gasteiger partial charge in [0.05, 0.1) is 5.69 Å². The van der Waals surface area contributed by atoms with Gasteiger partial charge >= 0.3 is 0 Å². The summed E-state index contributed by atoms with van der Waals surface area (Å²) in [6.07, 6.45) is 4.82. The van der Waals surface area contributed by atoms with Gasteiger partial charge in [0.2, 0.25) is 0 Å². The van der Waals surface area contributed by atoms with Crippen molar-refractivity contribution in [2.75, 3.05) is 5.75 Å². The van der Waals surface area contributed by atoms with Gasteiger partial charge in [0.15, 0.2) is 0 Å². The molecule has 0 saturated heterocycles. The smallest absolute Gasteiger partial charge is 0.125 e. The zero-order chi connectivity index (χ0) is 9.10. The van der Waals surface area contributed by atoms with Gasteiger partial charge in [0, 0.05) is 23.3 Å². The molecule has 0 radical (unpaired) electrons. The van der Waals surface area contributed by atoms with Crippen molar-refractivity contribution in [1.82, 2.24) is 9.97 Å². The fourth-order valence-corrected chi connectivity index (χ4v) is 2.21. The van der Waals surface area contributed by atoms with Crippen molar-refractivity contribution in [3.8, 4) is 10.6 Å². The number of nitrogens with one attached hydrogen (secondary N) is 1. The van der Waals surface area contributed by atoms with Crippen LogP contribution in [0.3, 0.4) is 0 Å². The Morgan fingerprint density at radius 1 is 1.54 bits per heavy atom. The van der Waals surface area contributed by atoms with Crippen molar-refractivity contribution in [3.63, 3.8) is 0 Å². The van der Waals surface area contributed by atoms with Crippen molar-refractivity contribution in [3.05, 3.63) is 29.5 Å². The zero-order valence-corrected chi connectivity index (χ0v) is 8.74. The Morgan fingerprint density at radius 2 is 2.46 bits per heavy atom. The first-order valence-electron chi connectivity index (χ1n) is 4.08. The molecule has 0 atom stereocenters. The molecule has 2 aromatic rings. The normalized spacial score (nSPS) is 10.5. The number of nitrogens with zero attached hydrogens (tertiary/aromatic N) is 1. The molecule has 1 N–H and O–H groups in total. The number of aromatic nitrogens is 2. The first-order chi connectivity index (χ1) is 6.40. The van der Waals surface area contributed by atoms with Crippen LogP contribution in [0.4, 0.5) is 0 Å². The number of aromatic amines is 1. The van der Waals surface area contributed by atoms with Gasteiger partial charge in [-0.3, -0.25) is 0 Å². The van der Waals surface area contributed by atoms with Gasteiger partial charge < -0.3 is 4.98 Å². The Labute approximate surface area is 86.4 Å². The third-order valence-corrected chi connectivity index (χ3v) is 2.93. The Bertz CT molecular complexity index is 365. The SMILES string of the molecule is SCCc1csc(-c2cc[nH]c2)n1. The van der Waals surface area contributed by atoms with Gasteiger partial charge in [0.25, 0.3) is 0 Å². The van der Waals surface area contributed by atoms with Gasteiger partial charge in [0.1, 0.15) is 5.01 Å². The van der Waals surface area contributed by atoms with E-state index < -0.39 is 0 Å². The number of thiazole rings is 1. The molecule has 0 bridgehead atoms. The summed E-state index contributed by atoms with van der Waals surface area (Å²) < 4.78 is 0. The molecule has 0 fully saturated rings. The summed E-state index contributed by atoms with van der Waals surface area (Å²) in [6.45, 7) is 0. The van der Waals surface area contributed by atoms with Gasteiger partial charge in [-0.05, 0) is 18.2 Å². The van der Waals surface area contributed by atoms with Crippen LogP contribution >= 0.6 is 24.0 Å². The van der Waals surface area contributed by atoms with Gasteiger partial charge in [-0.15, -0.1) is 11.3 Å². The molecule has 0 saturated carbocycles. The van der Waals surface area contributed by atoms with Crippen LogP contribution in [-0.4, -0.2) is 15.7 Å². The lowest BCUT2D eigenvalue weighted by Crippen LogP contribution is -1.85. The predicted molar refractivity (Wildman–Crippen MR) is 59.5 cm³/mol. The summed E-state index contributed by atoms with van der Waals surface area (Å²) in [5.74, 6) is 0.857. The number of hydrogen-bond acceptors (Lipinski definition) is 3. The Kier molecular flexibility index (Phi) is 2.71. The number of hydrogen-bond donors (Lipinski definition) is 2. The molecule has 4 heteroatoms. The van der Waals surface area contributed by atoms with Gasteiger partial charge in [-0.25, -0.2) is 4.98 Å². The summed E-state index contributed by atoms with van der Waals surface area (Å²) in [5, 5.41) is 3.18. The van der Waals surface area contributed by atoms with Crippen LogP contribution in [0.25, 0.3) is 10.6 Å². The average Bonchev–Trinajstić information content (AvgIpc) is 2.70. The minimum atomic E-state index is 0.857. The number of H-pyrrole nitrogens is 1. The minimum absolute atomic E-state index is 0.857. The Morgan fingerprint density at radius 3 is 3.15 bits per heavy atom. The van der Waals surface area contributed by atoms with Crippen LogP contribution in [0.5, 0.6) is 0 Å². The maximum absolute atomic E-state index is 4.49. The van der Waals surface area contributed by atoms with Crippen LogP contribution < -0.4 is 0 Å². The van der Waals surface area contributed by atoms with E-state index in [1.807, 2.05) is 18.5 Å². The third-order valence-electron chi connectivity index (χ3n) is 1.76. The minimum Gasteiger partial charge on any atom is -0.367 e. The molecule has 0 aliphatic rings. The molecule has 2 nitrogen and oxygen atoms in total. The highest BCUT2D eigenvalue weighted by Gasteiger charge is 2.03. The summed E-state index contributed by atoms with van der Waals surface area (Å²) in [6, 6.07) is 2.03. The highest BCUT2D eigenvalue weighted by Crippen LogP contribution is 2.23. The lowest BCUT2D eigenvalue weighted by molar-refractivity contribution is 1.08. The van der Waals surface area contributed by atoms with E-state index >= 15 is 0 Å². The van der Waals surface area contributed by atoms with E-state index in [9.17, 15) is 0 Å². The van der Waals surface area contributed by atoms with Crippen molar-refractivity contribution >= 4 is 24.0 Å². The Hall–Kier alpha value is -0.740. The molecule has 0 amide bonds. The molecule has 13 heavy (non-hydrogen) atoms. The molecular weight excluding hydrogens is 200 g/mol. The molecule has 0 aromatic carbocycles. The van der Waals surface area contributed by atoms with E-state index in [-0.39, 0.29) is 0 Å². The van der Waals surface area contributed by atoms with Crippen LogP contribution in [0, 0.1) is 0 Å². The first-order valence-corrected chi connectivity index (χ1v) is 5.60. The number of rotatable bonds is 3. The second kappa shape index (κ2) is 3.98. The lowest BCUT2D eigenvalue weighted by atomic mass is 10.3. The quantitative estimate of drug-likeness (QED) is 0.749. The second-order valence-corrected chi connectivity index (χ2v) is 4.02. The monoisotopic (exact) mass is 210 g/mol. The highest BCUT2D eigenvalue weighted by atomic mass is 32.1. The standard InChI is InChI=1S/C9H10N2S2/c12-4-2-8-6-13-9(11-8)7-1-3-10-5-7/h1,3,5-6,10,12H,2,4H2. The summed E-state index contributed by atoms with van der Waals surface area (Å²) in [7, 11) is 0. The van der Waals surface area contributed by atoms with Crippen molar-refractivity contribution in [2.45, 2.75) is 6.42 Å². The zero-order valence-electron chi connectivity index (χ0n) is 7.03. The number of thiol groups is 1. The van der Waals surface area contributed by atoms with E-state index in [4.69, 9.17) is 0 Å². The van der Waals surface area contributed by atoms with E-state index in [0.29, 0.717) is 0 Å². The van der Waals surface area contributed by atoms with E-state index in [1.54, 1.807) is 11.3 Å². The molecule has 0 unspecified atom stereocenters. The van der Waals surface area contributed by atoms with Crippen molar-refractivity contribution in [1.29, 1.82) is 0 Å². The molecule has 2 heterocycles. The molecule has 0 aliphatic carbocycles. The topological polar surface area (TPSA) is 28.7 Å². The predicted octanol–water partition coefficient (Wildman–Crippen LogP) is 2.61. The summed E-state index contributed by atoms with van der Waals surface area (Å²) >= 11 is 5.86. The van der Waals surface area contributed by atoms with Crippen molar-refractivity contribution in [2.24, 2.45) is 0 Å². The third kappa shape index (κ3) is 1.95. The summed E-state index contributed by atoms with van der Waals surface area (Å²) in [4.78, 5) is 7.51. The molecule has 2 aromatic heterocycles. The van der Waals surface area contributed by atoms with Crippen LogP contribution in [0.2, 0.25) is 0 Å². The molecule has 68 valence electrons. The van der Waals surface area contributed by atoms with Crippen LogP contribution in [0.1, 0.15) is 5.69 Å². The van der Waals surface area contributed by atoms with E-state index in [0.717, 1.165) is 28.4 Å². The average molecular weight is 210 g/mol. The highest BCUT2D eigenvalue weighted by molar-refractivity contribution is 7.80. The maximum Gasteiger partial charge on any atom is 0.125 e. The molecular formula is C9H10N2S2. The molecule has 0 aliphatic heterocycles. The lowest BCUT2D eigenvalue weighted by Gasteiger charge is -1.88. The first kappa shape index (κ1) is 8.84. The van der Waals surface area contributed by atoms with E-state index in [1.165, 1.54) is 0 Å². The van der Waals surface area contributed by atoms with Crippen molar-refractivity contribution < 1.29 is 0 Å². The second-order valence-electron chi connectivity index (χ2n) is 2.72. The maximum atomic E-state index is 4.49. The van der Waals surface area contributed by atoms with E-state index in [2.05, 4.69) is 28.0 Å². The van der Waals surface area contributed by atoms with Gasteiger partial charge in [-0.1, -0.05) is 0 Å². The molecule has 2 rings (SSSR count). The number of aryl methyl sites for hydroxylation is 1. The van der Waals surface area contributed by atoms with Crippen LogP contribution in [-0.2, 0) is 6.42 Å². The Balaban J connectivity index is 2.23. The molecule has 0 spiro atoms. The fraction of sp³-hybridized carbons (Fsp3) is 0.222. The summed E-state index contributed by atoms with van der Waals surface area (Å²) in [5.41, 5.74) is 2.30. The van der Waals surface area contributed by atoms with Gasteiger partial charge in [-0.2, -0.15) is 12.6 Å². The largest absolute Gasteiger partial charge is 0.367 e. The fourth-order valence-electron chi connectivity index (χ4n) is 1.13.